The van der Waals surface area contributed by atoms with Gasteiger partial charge in [-0.2, -0.15) is 0 Å². The second kappa shape index (κ2) is 6.53. The van der Waals surface area contributed by atoms with Crippen LogP contribution in [0.5, 0.6) is 0 Å². The van der Waals surface area contributed by atoms with Crippen LogP contribution in [0.3, 0.4) is 0 Å². The first-order valence-electron chi connectivity index (χ1n) is 6.90. The van der Waals surface area contributed by atoms with Crippen LogP contribution < -0.4 is 5.32 Å². The van der Waals surface area contributed by atoms with E-state index in [2.05, 4.69) is 12.2 Å². The third kappa shape index (κ3) is 3.24. The van der Waals surface area contributed by atoms with E-state index in [0.717, 1.165) is 12.1 Å². The van der Waals surface area contributed by atoms with Crippen molar-refractivity contribution in [2.75, 3.05) is 6.54 Å². The monoisotopic (exact) mass is 269 g/mol. The molecule has 1 unspecified atom stereocenters. The van der Waals surface area contributed by atoms with Crippen molar-refractivity contribution in [2.24, 2.45) is 5.92 Å². The van der Waals surface area contributed by atoms with E-state index in [1.807, 2.05) is 6.07 Å². The van der Waals surface area contributed by atoms with Gasteiger partial charge in [0, 0.05) is 6.04 Å². The molecule has 1 aliphatic carbocycles. The van der Waals surface area contributed by atoms with Crippen molar-refractivity contribution in [1.29, 1.82) is 0 Å². The van der Waals surface area contributed by atoms with E-state index >= 15 is 0 Å². The first-order valence-corrected chi connectivity index (χ1v) is 7.28. The Morgan fingerprint density at radius 2 is 2.06 bits per heavy atom. The topological polar surface area (TPSA) is 12.0 Å². The summed E-state index contributed by atoms with van der Waals surface area (Å²) in [6, 6.07) is 5.43. The molecule has 1 nitrogen and oxygen atoms in total. The van der Waals surface area contributed by atoms with Gasteiger partial charge in [0.25, 0.3) is 0 Å². The molecule has 0 heterocycles. The molecule has 0 amide bonds. The Kier molecular flexibility index (Phi) is 5.02. The van der Waals surface area contributed by atoms with Crippen LogP contribution in [0.4, 0.5) is 4.39 Å². The minimum absolute atomic E-state index is 0.228. The van der Waals surface area contributed by atoms with Crippen LogP contribution in [-0.2, 0) is 0 Å². The average molecular weight is 270 g/mol. The highest BCUT2D eigenvalue weighted by molar-refractivity contribution is 6.30. The van der Waals surface area contributed by atoms with Gasteiger partial charge in [-0.05, 0) is 43.0 Å². The van der Waals surface area contributed by atoms with Crippen molar-refractivity contribution in [3.63, 3.8) is 0 Å². The zero-order valence-corrected chi connectivity index (χ0v) is 11.6. The lowest BCUT2D eigenvalue weighted by atomic mass is 9.81. The molecule has 100 valence electrons. The third-order valence-corrected chi connectivity index (χ3v) is 4.14. The second-order valence-corrected chi connectivity index (χ2v) is 5.51. The van der Waals surface area contributed by atoms with E-state index in [-0.39, 0.29) is 10.8 Å². The molecule has 0 saturated heterocycles. The highest BCUT2D eigenvalue weighted by Crippen LogP contribution is 2.35. The molecule has 0 aliphatic heterocycles. The Labute approximate surface area is 114 Å². The summed E-state index contributed by atoms with van der Waals surface area (Å²) in [5.41, 5.74) is 1.12. The zero-order chi connectivity index (χ0) is 13.0. The number of halogens is 2. The van der Waals surface area contributed by atoms with Gasteiger partial charge >= 0.3 is 0 Å². The Hall–Kier alpha value is -0.600. The van der Waals surface area contributed by atoms with E-state index in [1.54, 1.807) is 6.07 Å². The van der Waals surface area contributed by atoms with Crippen molar-refractivity contribution < 1.29 is 4.39 Å². The summed E-state index contributed by atoms with van der Waals surface area (Å²) in [6.07, 6.45) is 6.47. The lowest BCUT2D eigenvalue weighted by molar-refractivity contribution is 0.274. The molecule has 0 spiro atoms. The summed E-state index contributed by atoms with van der Waals surface area (Å²) in [5.74, 6) is 0.319. The lowest BCUT2D eigenvalue weighted by Crippen LogP contribution is -2.29. The fraction of sp³-hybridized carbons (Fsp3) is 0.600. The molecule has 0 bridgehead atoms. The molecule has 1 N–H and O–H groups in total. The summed E-state index contributed by atoms with van der Waals surface area (Å²) in [7, 11) is 0. The van der Waals surface area contributed by atoms with Crippen molar-refractivity contribution in [3.05, 3.63) is 34.6 Å². The Bertz CT molecular complexity index is 388. The Morgan fingerprint density at radius 3 is 2.67 bits per heavy atom. The third-order valence-electron chi connectivity index (χ3n) is 3.85. The van der Waals surface area contributed by atoms with Gasteiger partial charge in [0.1, 0.15) is 5.82 Å². The summed E-state index contributed by atoms with van der Waals surface area (Å²) in [4.78, 5) is 0. The Balaban J connectivity index is 2.19. The minimum atomic E-state index is -0.334. The van der Waals surface area contributed by atoms with Gasteiger partial charge in [0.05, 0.1) is 5.02 Å². The molecule has 1 saturated carbocycles. The first-order chi connectivity index (χ1) is 8.72. The van der Waals surface area contributed by atoms with Gasteiger partial charge < -0.3 is 5.32 Å². The normalized spacial score (nSPS) is 18.8. The molecule has 0 radical (unpaired) electrons. The molecule has 1 atom stereocenters. The highest BCUT2D eigenvalue weighted by atomic mass is 35.5. The van der Waals surface area contributed by atoms with Crippen LogP contribution in [0.2, 0.25) is 5.02 Å². The van der Waals surface area contributed by atoms with Crippen molar-refractivity contribution in [1.82, 2.24) is 5.32 Å². The maximum absolute atomic E-state index is 13.2. The van der Waals surface area contributed by atoms with Crippen LogP contribution >= 0.6 is 11.6 Å². The highest BCUT2D eigenvalue weighted by Gasteiger charge is 2.24. The van der Waals surface area contributed by atoms with Crippen molar-refractivity contribution >= 4 is 11.6 Å². The van der Waals surface area contributed by atoms with Crippen LogP contribution in [0.15, 0.2) is 18.2 Å². The average Bonchev–Trinajstić information content (AvgIpc) is 2.40. The van der Waals surface area contributed by atoms with Gasteiger partial charge in [0.15, 0.2) is 0 Å². The molecule has 1 aromatic rings. The predicted octanol–water partition coefficient (Wildman–Crippen LogP) is 4.71. The van der Waals surface area contributed by atoms with Crippen LogP contribution in [0.25, 0.3) is 0 Å². The molecular formula is C15H21ClFN. The number of nitrogens with one attached hydrogen (secondary N) is 1. The number of hydrogen-bond acceptors (Lipinski definition) is 1. The van der Waals surface area contributed by atoms with E-state index < -0.39 is 0 Å². The smallest absolute Gasteiger partial charge is 0.141 e. The predicted molar refractivity (Wildman–Crippen MR) is 74.4 cm³/mol. The summed E-state index contributed by atoms with van der Waals surface area (Å²) >= 11 is 5.89. The van der Waals surface area contributed by atoms with Crippen LogP contribution in [0.1, 0.15) is 50.6 Å². The fourth-order valence-corrected chi connectivity index (χ4v) is 3.14. The van der Waals surface area contributed by atoms with E-state index in [1.165, 1.54) is 38.2 Å². The maximum atomic E-state index is 13.2. The maximum Gasteiger partial charge on any atom is 0.141 e. The summed E-state index contributed by atoms with van der Waals surface area (Å²) < 4.78 is 13.2. The molecule has 2 rings (SSSR count). The summed E-state index contributed by atoms with van der Waals surface area (Å²) in [5, 5.41) is 3.76. The van der Waals surface area contributed by atoms with Crippen LogP contribution in [0, 0.1) is 11.7 Å². The first kappa shape index (κ1) is 13.8. The SMILES string of the molecule is CCNC(c1ccc(F)c(Cl)c1)C1CCCCC1. The standard InChI is InChI=1S/C15H21ClFN/c1-2-18-15(11-6-4-3-5-7-11)12-8-9-14(17)13(16)10-12/h8-11,15,18H,2-7H2,1H3. The molecule has 1 fully saturated rings. The number of rotatable bonds is 4. The molecule has 3 heteroatoms. The van der Waals surface area contributed by atoms with Crippen molar-refractivity contribution in [2.45, 2.75) is 45.1 Å². The molecule has 1 aromatic carbocycles. The van der Waals surface area contributed by atoms with Gasteiger partial charge in [-0.3, -0.25) is 0 Å². The second-order valence-electron chi connectivity index (χ2n) is 5.11. The fourth-order valence-electron chi connectivity index (χ4n) is 2.95. The zero-order valence-electron chi connectivity index (χ0n) is 10.9. The lowest BCUT2D eigenvalue weighted by Gasteiger charge is -2.31. The molecule has 18 heavy (non-hydrogen) atoms. The van der Waals surface area contributed by atoms with Gasteiger partial charge in [-0.25, -0.2) is 4.39 Å². The summed E-state index contributed by atoms with van der Waals surface area (Å²) in [6.45, 7) is 3.04. The van der Waals surface area contributed by atoms with E-state index in [9.17, 15) is 4.39 Å². The van der Waals surface area contributed by atoms with Crippen LogP contribution in [-0.4, -0.2) is 6.54 Å². The minimum Gasteiger partial charge on any atom is -0.310 e. The van der Waals surface area contributed by atoms with Gasteiger partial charge in [-0.15, -0.1) is 0 Å². The molecule has 1 aliphatic rings. The van der Waals surface area contributed by atoms with Gasteiger partial charge in [0.2, 0.25) is 0 Å². The van der Waals surface area contributed by atoms with Crippen molar-refractivity contribution in [3.8, 4) is 0 Å². The Morgan fingerprint density at radius 1 is 1.33 bits per heavy atom. The van der Waals surface area contributed by atoms with Gasteiger partial charge in [-0.1, -0.05) is 43.9 Å². The van der Waals surface area contributed by atoms with E-state index in [0.29, 0.717) is 12.0 Å². The number of benzene rings is 1. The van der Waals surface area contributed by atoms with E-state index in [4.69, 9.17) is 11.6 Å². The molecular weight excluding hydrogens is 249 g/mol. The molecule has 0 aromatic heterocycles. The largest absolute Gasteiger partial charge is 0.310 e. The quantitative estimate of drug-likeness (QED) is 0.835. The number of hydrogen-bond donors (Lipinski definition) is 1.